The molecule has 3 N–H and O–H groups in total. The Bertz CT molecular complexity index is 270. The molecule has 0 amide bonds. The van der Waals surface area contributed by atoms with Gasteiger partial charge in [0.05, 0.1) is 13.1 Å². The lowest BCUT2D eigenvalue weighted by Gasteiger charge is -2.36. The Morgan fingerprint density at radius 2 is 1.94 bits per heavy atom. The molecular formula is C14H28NO3+. The number of quaternary nitrogens is 1. The average Bonchev–Trinajstić information content (AvgIpc) is 2.28. The highest BCUT2D eigenvalue weighted by molar-refractivity contribution is 5.74. The van der Waals surface area contributed by atoms with Crippen molar-refractivity contribution >= 4 is 5.97 Å². The van der Waals surface area contributed by atoms with Gasteiger partial charge < -0.3 is 15.2 Å². The molecule has 0 aromatic rings. The summed E-state index contributed by atoms with van der Waals surface area (Å²) in [6.45, 7) is 10.1. The molecule has 1 unspecified atom stereocenters. The molecule has 1 rings (SSSR count). The second kappa shape index (κ2) is 6.53. The molecule has 0 spiro atoms. The number of hydrogen-bond donors (Lipinski definition) is 2. The highest BCUT2D eigenvalue weighted by atomic mass is 16.6. The fourth-order valence-corrected chi connectivity index (χ4v) is 2.58. The minimum atomic E-state index is -0.987. The fourth-order valence-electron chi connectivity index (χ4n) is 2.58. The van der Waals surface area contributed by atoms with E-state index in [1.54, 1.807) is 0 Å². The lowest BCUT2D eigenvalue weighted by molar-refractivity contribution is -0.665. The van der Waals surface area contributed by atoms with Crippen molar-refractivity contribution in [3.8, 4) is 0 Å². The second-order valence-corrected chi connectivity index (χ2v) is 6.31. The van der Waals surface area contributed by atoms with Crippen LogP contribution in [0.15, 0.2) is 0 Å². The van der Waals surface area contributed by atoms with Gasteiger partial charge in [-0.1, -0.05) is 13.8 Å². The highest BCUT2D eigenvalue weighted by Crippen LogP contribution is 2.28. The van der Waals surface area contributed by atoms with Crippen LogP contribution < -0.4 is 5.32 Å². The third-order valence-corrected chi connectivity index (χ3v) is 3.75. The van der Waals surface area contributed by atoms with Gasteiger partial charge in [0, 0.05) is 18.8 Å². The van der Waals surface area contributed by atoms with Crippen molar-refractivity contribution in [2.45, 2.75) is 58.7 Å². The molecule has 0 bridgehead atoms. The van der Waals surface area contributed by atoms with Gasteiger partial charge in [0.25, 0.3) is 0 Å². The number of piperidine rings is 1. The van der Waals surface area contributed by atoms with Crippen molar-refractivity contribution in [3.05, 3.63) is 0 Å². The lowest BCUT2D eigenvalue weighted by Crippen LogP contribution is -2.86. The Morgan fingerprint density at radius 1 is 1.39 bits per heavy atom. The van der Waals surface area contributed by atoms with Crippen LogP contribution in [-0.2, 0) is 9.53 Å². The summed E-state index contributed by atoms with van der Waals surface area (Å²) < 4.78 is 5.54. The van der Waals surface area contributed by atoms with Crippen LogP contribution in [0.5, 0.6) is 0 Å². The van der Waals surface area contributed by atoms with Crippen molar-refractivity contribution in [2.75, 3.05) is 13.1 Å². The van der Waals surface area contributed by atoms with Gasteiger partial charge >= 0.3 is 5.97 Å². The molecule has 1 saturated heterocycles. The lowest BCUT2D eigenvalue weighted by atomic mass is 9.83. The first-order valence-corrected chi connectivity index (χ1v) is 7.05. The van der Waals surface area contributed by atoms with Gasteiger partial charge in [0.1, 0.15) is 5.60 Å². The first kappa shape index (κ1) is 15.4. The Hall–Kier alpha value is -0.610. The molecule has 18 heavy (non-hydrogen) atoms. The van der Waals surface area contributed by atoms with Crippen molar-refractivity contribution in [1.82, 2.24) is 0 Å². The molecule has 1 fully saturated rings. The maximum atomic E-state index is 11.9. The predicted molar refractivity (Wildman–Crippen MR) is 70.0 cm³/mol. The Kier molecular flexibility index (Phi) is 5.60. The van der Waals surface area contributed by atoms with Gasteiger partial charge in [-0.25, -0.2) is 4.79 Å². The van der Waals surface area contributed by atoms with E-state index in [0.717, 1.165) is 25.9 Å². The predicted octanol–water partition coefficient (Wildman–Crippen LogP) is 0.689. The number of ether oxygens (including phenoxy) is 1. The third kappa shape index (κ3) is 4.58. The van der Waals surface area contributed by atoms with Crippen LogP contribution in [0.1, 0.15) is 47.0 Å². The van der Waals surface area contributed by atoms with Crippen LogP contribution in [0.25, 0.3) is 0 Å². The standard InChI is InChI=1S/C14H27NO3/c1-10(2)9-12(16)13(17)18-14(3,4)11-5-7-15-8-6-11/h10-12,15-16H,5-9H2,1-4H3/p+1. The Balaban J connectivity index is 2.50. The number of esters is 1. The first-order chi connectivity index (χ1) is 8.33. The molecule has 0 radical (unpaired) electrons. The molecule has 0 aromatic heterocycles. The molecule has 0 aromatic carbocycles. The van der Waals surface area contributed by atoms with E-state index in [1.807, 2.05) is 27.7 Å². The highest BCUT2D eigenvalue weighted by Gasteiger charge is 2.36. The Labute approximate surface area is 110 Å². The second-order valence-electron chi connectivity index (χ2n) is 6.31. The van der Waals surface area contributed by atoms with E-state index >= 15 is 0 Å². The molecule has 0 aliphatic carbocycles. The van der Waals surface area contributed by atoms with E-state index in [1.165, 1.54) is 0 Å². The summed E-state index contributed by atoms with van der Waals surface area (Å²) >= 11 is 0. The van der Waals surface area contributed by atoms with Crippen LogP contribution >= 0.6 is 0 Å². The van der Waals surface area contributed by atoms with E-state index in [9.17, 15) is 9.90 Å². The zero-order valence-electron chi connectivity index (χ0n) is 12.1. The fraction of sp³-hybridized carbons (Fsp3) is 0.929. The summed E-state index contributed by atoms with van der Waals surface area (Å²) in [7, 11) is 0. The minimum absolute atomic E-state index is 0.292. The third-order valence-electron chi connectivity index (χ3n) is 3.75. The number of hydrogen-bond acceptors (Lipinski definition) is 3. The van der Waals surface area contributed by atoms with Gasteiger partial charge in [0.2, 0.25) is 0 Å². The van der Waals surface area contributed by atoms with Crippen LogP contribution in [0.2, 0.25) is 0 Å². The van der Waals surface area contributed by atoms with Crippen LogP contribution in [-0.4, -0.2) is 35.9 Å². The van der Waals surface area contributed by atoms with E-state index in [0.29, 0.717) is 18.3 Å². The van der Waals surface area contributed by atoms with Gasteiger partial charge in [-0.15, -0.1) is 0 Å². The molecule has 4 heteroatoms. The van der Waals surface area contributed by atoms with E-state index in [4.69, 9.17) is 4.74 Å². The van der Waals surface area contributed by atoms with Crippen LogP contribution in [0.3, 0.4) is 0 Å². The van der Waals surface area contributed by atoms with E-state index in [-0.39, 0.29) is 0 Å². The van der Waals surface area contributed by atoms with Crippen molar-refractivity contribution < 1.29 is 20.0 Å². The molecule has 1 heterocycles. The molecule has 1 atom stereocenters. The maximum absolute atomic E-state index is 11.9. The van der Waals surface area contributed by atoms with E-state index in [2.05, 4.69) is 5.32 Å². The average molecular weight is 258 g/mol. The number of carbonyl (C=O) groups is 1. The van der Waals surface area contributed by atoms with Crippen LogP contribution in [0.4, 0.5) is 0 Å². The molecule has 1 aliphatic rings. The molecule has 1 aliphatic heterocycles. The normalized spacial score (nSPS) is 19.9. The molecule has 106 valence electrons. The van der Waals surface area contributed by atoms with Crippen molar-refractivity contribution in [2.24, 2.45) is 11.8 Å². The topological polar surface area (TPSA) is 63.1 Å². The van der Waals surface area contributed by atoms with Crippen molar-refractivity contribution in [1.29, 1.82) is 0 Å². The number of aliphatic hydroxyl groups excluding tert-OH is 1. The van der Waals surface area contributed by atoms with Gasteiger partial charge in [-0.3, -0.25) is 0 Å². The number of aliphatic hydroxyl groups is 1. The SMILES string of the molecule is CC(C)CC(O)C(=O)OC(C)(C)C1CC[NH2+]CC1. The summed E-state index contributed by atoms with van der Waals surface area (Å²) in [6.07, 6.45) is 1.62. The minimum Gasteiger partial charge on any atom is -0.457 e. The zero-order chi connectivity index (χ0) is 13.8. The quantitative estimate of drug-likeness (QED) is 0.713. The number of carbonyl (C=O) groups excluding carboxylic acids is 1. The summed E-state index contributed by atoms with van der Waals surface area (Å²) in [4.78, 5) is 11.9. The zero-order valence-corrected chi connectivity index (χ0v) is 12.1. The number of nitrogens with two attached hydrogens (primary N) is 1. The van der Waals surface area contributed by atoms with Crippen LogP contribution in [0, 0.1) is 11.8 Å². The number of rotatable bonds is 5. The molecule has 0 saturated carbocycles. The summed E-state index contributed by atoms with van der Waals surface area (Å²) in [5.41, 5.74) is -0.469. The summed E-state index contributed by atoms with van der Waals surface area (Å²) in [5, 5.41) is 12.1. The summed E-state index contributed by atoms with van der Waals surface area (Å²) in [5.74, 6) is 0.223. The van der Waals surface area contributed by atoms with Gasteiger partial charge in [-0.05, 0) is 26.2 Å². The summed E-state index contributed by atoms with van der Waals surface area (Å²) in [6, 6.07) is 0. The largest absolute Gasteiger partial charge is 0.457 e. The van der Waals surface area contributed by atoms with Gasteiger partial charge in [-0.2, -0.15) is 0 Å². The smallest absolute Gasteiger partial charge is 0.335 e. The molecule has 4 nitrogen and oxygen atoms in total. The maximum Gasteiger partial charge on any atom is 0.335 e. The van der Waals surface area contributed by atoms with Crippen molar-refractivity contribution in [3.63, 3.8) is 0 Å². The Morgan fingerprint density at radius 3 is 2.44 bits per heavy atom. The monoisotopic (exact) mass is 258 g/mol. The first-order valence-electron chi connectivity index (χ1n) is 7.05. The molecular weight excluding hydrogens is 230 g/mol. The van der Waals surface area contributed by atoms with E-state index < -0.39 is 17.7 Å². The van der Waals surface area contributed by atoms with Gasteiger partial charge in [0.15, 0.2) is 6.10 Å².